The van der Waals surface area contributed by atoms with Crippen LogP contribution in [0.1, 0.15) is 63.4 Å². The van der Waals surface area contributed by atoms with E-state index in [1.165, 1.54) is 13.8 Å². The van der Waals surface area contributed by atoms with Crippen molar-refractivity contribution >= 4 is 54.3 Å². The van der Waals surface area contributed by atoms with E-state index >= 15 is 0 Å². The Morgan fingerprint density at radius 3 is 1.71 bits per heavy atom. The number of fused-ring (bicyclic) bond motifs is 10. The lowest BCUT2D eigenvalue weighted by Crippen LogP contribution is -2.14. The molecule has 1 nitrogen and oxygen atoms in total. The average Bonchev–Trinajstić information content (AvgIpc) is 4.00. The van der Waals surface area contributed by atoms with Crippen LogP contribution in [0.3, 0.4) is 0 Å². The van der Waals surface area contributed by atoms with Crippen molar-refractivity contribution in [1.82, 2.24) is 0 Å². The van der Waals surface area contributed by atoms with Crippen molar-refractivity contribution in [3.8, 4) is 44.5 Å². The fraction of sp³-hybridized carbons (Fsp3) is 0.0588. The monoisotopic (exact) mass is 690 g/mol. The molecule has 10 aromatic rings. The maximum atomic E-state index is 9.93. The predicted octanol–water partition coefficient (Wildman–Crippen LogP) is 14.4. The fourth-order valence-electron chi connectivity index (χ4n) is 7.12. The molecule has 0 unspecified atom stereocenters. The van der Waals surface area contributed by atoms with E-state index in [0.717, 1.165) is 0 Å². The van der Waals surface area contributed by atoms with E-state index in [2.05, 4.69) is 0 Å². The largest absolute Gasteiger partial charge is 0.455 e. The third kappa shape index (κ3) is 4.05. The minimum atomic E-state index is -1.46. The molecule has 0 atom stereocenters. The lowest BCUT2D eigenvalue weighted by atomic mass is 9.81. The molecule has 0 fully saturated rings. The number of hydrogen-bond acceptors (Lipinski definition) is 1. The van der Waals surface area contributed by atoms with Crippen molar-refractivity contribution in [1.29, 1.82) is 0 Å². The molecule has 0 bridgehead atoms. The number of hydrogen-bond donors (Lipinski definition) is 0. The number of benzene rings is 9. The summed E-state index contributed by atoms with van der Waals surface area (Å²) in [5.74, 6) is 0. The van der Waals surface area contributed by atoms with Gasteiger partial charge in [-0.25, -0.2) is 0 Å². The molecular weight excluding hydrogens is 629 g/mol. The van der Waals surface area contributed by atoms with Gasteiger partial charge in [-0.2, -0.15) is 0 Å². The first-order valence-electron chi connectivity index (χ1n) is 29.9. The Hall–Kier alpha value is -6.44. The maximum Gasteiger partial charge on any atom is 0.143 e. The van der Waals surface area contributed by atoms with Crippen molar-refractivity contribution in [3.05, 3.63) is 180 Å². The van der Waals surface area contributed by atoms with Gasteiger partial charge in [-0.15, -0.1) is 0 Å². The summed E-state index contributed by atoms with van der Waals surface area (Å²) < 4.78 is 262. The molecule has 1 aliphatic carbocycles. The molecule has 0 N–H and O–H groups in total. The lowest BCUT2D eigenvalue weighted by molar-refractivity contribution is 0.660. The highest BCUT2D eigenvalue weighted by molar-refractivity contribution is 6.22. The van der Waals surface area contributed by atoms with Gasteiger partial charge in [0.1, 0.15) is 11.2 Å². The summed E-state index contributed by atoms with van der Waals surface area (Å²) in [5.41, 5.74) is -7.58. The molecule has 0 spiro atoms. The van der Waals surface area contributed by atoms with Crippen LogP contribution < -0.4 is 0 Å². The van der Waals surface area contributed by atoms with Gasteiger partial charge in [-0.3, -0.25) is 0 Å². The summed E-state index contributed by atoms with van der Waals surface area (Å²) in [6.07, 6.45) is 0. The quantitative estimate of drug-likeness (QED) is 0.168. The van der Waals surface area contributed by atoms with Crippen LogP contribution in [-0.4, -0.2) is 0 Å². The highest BCUT2D eigenvalue weighted by Gasteiger charge is 2.35. The van der Waals surface area contributed by atoms with E-state index in [4.69, 9.17) is 26.3 Å². The van der Waals surface area contributed by atoms with Crippen LogP contribution >= 0.6 is 0 Å². The highest BCUT2D eigenvalue weighted by atomic mass is 16.3. The topological polar surface area (TPSA) is 13.1 Å². The highest BCUT2D eigenvalue weighted by Crippen LogP contribution is 2.51. The summed E-state index contributed by atoms with van der Waals surface area (Å²) in [6.45, 7) is 3.05. The number of rotatable bonds is 3. The second-order valence-corrected chi connectivity index (χ2v) is 12.6. The van der Waals surface area contributed by atoms with Crippen LogP contribution in [0.15, 0.2) is 174 Å². The van der Waals surface area contributed by atoms with Crippen LogP contribution in [0.4, 0.5) is 0 Å². The van der Waals surface area contributed by atoms with E-state index in [1.807, 2.05) is 0 Å². The molecule has 1 aliphatic rings. The van der Waals surface area contributed by atoms with Crippen LogP contribution in [-0.2, 0) is 5.41 Å². The van der Waals surface area contributed by atoms with Gasteiger partial charge in [0.2, 0.25) is 0 Å². The summed E-state index contributed by atoms with van der Waals surface area (Å²) >= 11 is 0. The summed E-state index contributed by atoms with van der Waals surface area (Å²) in [7, 11) is 0. The van der Waals surface area contributed by atoms with Gasteiger partial charge in [0.25, 0.3) is 0 Å². The normalized spacial score (nSPS) is 20.9. The van der Waals surface area contributed by atoms with Crippen molar-refractivity contribution < 1.29 is 42.8 Å². The smallest absolute Gasteiger partial charge is 0.143 e. The Bertz CT molecular complexity index is 4600. The Balaban J connectivity index is 1.34. The van der Waals surface area contributed by atoms with Crippen molar-refractivity contribution in [2.45, 2.75) is 19.3 Å². The van der Waals surface area contributed by atoms with Crippen LogP contribution in [0.5, 0.6) is 0 Å². The number of furan rings is 1. The molecule has 0 aliphatic heterocycles. The summed E-state index contributed by atoms with van der Waals surface area (Å²) in [4.78, 5) is 0. The van der Waals surface area contributed by atoms with Gasteiger partial charge in [-0.05, 0) is 101 Å². The van der Waals surface area contributed by atoms with Crippen LogP contribution in [0.25, 0.3) is 98.8 Å². The predicted molar refractivity (Wildman–Crippen MR) is 220 cm³/mol. The molecule has 52 heavy (non-hydrogen) atoms. The molecule has 0 saturated heterocycles. The Kier molecular flexibility index (Phi) is 2.69. The second-order valence-electron chi connectivity index (χ2n) is 12.6. The fourth-order valence-corrected chi connectivity index (χ4v) is 7.12. The molecular formula is C51H34O. The zero-order valence-electron chi connectivity index (χ0n) is 54.9. The van der Waals surface area contributed by atoms with Crippen LogP contribution in [0, 0.1) is 0 Å². The van der Waals surface area contributed by atoms with Gasteiger partial charge >= 0.3 is 0 Å². The van der Waals surface area contributed by atoms with E-state index in [9.17, 15) is 16.4 Å². The first-order valence-corrected chi connectivity index (χ1v) is 15.9. The molecule has 9 aromatic carbocycles. The van der Waals surface area contributed by atoms with Crippen molar-refractivity contribution in [3.63, 3.8) is 0 Å². The molecule has 244 valence electrons. The molecule has 0 saturated carbocycles. The lowest BCUT2D eigenvalue weighted by Gasteiger charge is -2.22. The zero-order chi connectivity index (χ0) is 58.9. The van der Waals surface area contributed by atoms with Gasteiger partial charge in [0, 0.05) is 21.6 Å². The zero-order valence-corrected chi connectivity index (χ0v) is 26.9. The molecule has 1 heterocycles. The first kappa shape index (κ1) is 13.0. The SMILES string of the molecule is [2H]c1c([2H])c([2H])c2c(c1[2H])-c1c([2H])c(-c3c4c([2H])c([2H])c([2H])c([2H])c4c(-c4c([2H])c([2H])c(-c5c([2H])c([2H])c([2H])c6oc7c8c([2H])c([2H])c([2H])c([2H])c8c([2H])c([2H])c7c56)c([2H])c4[2H])c4c([2H])c([2H])c([2H])c([2H])c34)c([2H])c([2H])c1C2(C)C. The Morgan fingerprint density at radius 1 is 0.423 bits per heavy atom. The van der Waals surface area contributed by atoms with Crippen molar-refractivity contribution in [2.75, 3.05) is 0 Å². The van der Waals surface area contributed by atoms with Crippen LogP contribution in [0.2, 0.25) is 0 Å². The summed E-state index contributed by atoms with van der Waals surface area (Å²) in [6, 6.07) is -23.9. The van der Waals surface area contributed by atoms with Gasteiger partial charge in [-0.1, -0.05) is 165 Å². The maximum absolute atomic E-state index is 9.93. The van der Waals surface area contributed by atoms with E-state index in [0.29, 0.717) is 0 Å². The van der Waals surface area contributed by atoms with E-state index < -0.39 is 262 Å². The molecule has 1 aromatic heterocycles. The third-order valence-electron chi connectivity index (χ3n) is 9.50. The van der Waals surface area contributed by atoms with E-state index in [-0.39, 0.29) is 22.3 Å². The summed E-state index contributed by atoms with van der Waals surface area (Å²) in [5, 5.41) is -4.65. The Labute approximate surface area is 341 Å². The molecule has 0 radical (unpaired) electrons. The minimum absolute atomic E-state index is 0.0304. The second kappa shape index (κ2) is 10.8. The average molecular weight is 691 g/mol. The van der Waals surface area contributed by atoms with Gasteiger partial charge < -0.3 is 4.42 Å². The molecule has 11 rings (SSSR count). The van der Waals surface area contributed by atoms with Crippen molar-refractivity contribution in [2.24, 2.45) is 0 Å². The Morgan fingerprint density at radius 2 is 0.981 bits per heavy atom. The minimum Gasteiger partial charge on any atom is -0.455 e. The third-order valence-corrected chi connectivity index (χ3v) is 9.50. The molecule has 0 amide bonds. The van der Waals surface area contributed by atoms with Gasteiger partial charge in [0.15, 0.2) is 0 Å². The first-order chi connectivity index (χ1) is 37.2. The van der Waals surface area contributed by atoms with E-state index in [1.54, 1.807) is 0 Å². The standard InChI is InChI=1S/C51H34O/c1-51(2)44-20-10-9-14-37(44)43-30-34(27-29-45(43)51)48-40-17-7-5-15-38(40)47(39-16-6-8-18-41(39)48)33-24-22-32(23-25-33)35-19-11-21-46-49(35)42-28-26-31-12-3-4-13-36(31)50(42)52-46/h3-30H,1-2H3/i3D,4D,5D,6D,7D,8D,9D,10D,11D,12D,13D,14D,15D,16D,17D,18D,19D,20D,21D,22D,23D,24D,25D,26D,27D,28D,29D,30D. The molecule has 1 heteroatoms. The van der Waals surface area contributed by atoms with Gasteiger partial charge in [0.05, 0.1) is 38.4 Å².